The number of carbonyl (C=O) groups is 2. The molecule has 0 aromatic heterocycles. The highest BCUT2D eigenvalue weighted by molar-refractivity contribution is 6.02. The summed E-state index contributed by atoms with van der Waals surface area (Å²) < 4.78 is 0. The Labute approximate surface area is 149 Å². The summed E-state index contributed by atoms with van der Waals surface area (Å²) in [6, 6.07) is 7.78. The van der Waals surface area contributed by atoms with Crippen molar-refractivity contribution in [3.63, 3.8) is 0 Å². The van der Waals surface area contributed by atoms with E-state index < -0.39 is 0 Å². The van der Waals surface area contributed by atoms with E-state index in [9.17, 15) is 9.59 Å². The predicted molar refractivity (Wildman–Crippen MR) is 97.2 cm³/mol. The molecule has 3 aliphatic rings. The molecule has 0 unspecified atom stereocenters. The lowest BCUT2D eigenvalue weighted by atomic mass is 9.89. The zero-order valence-electron chi connectivity index (χ0n) is 15.1. The van der Waals surface area contributed by atoms with Gasteiger partial charge in [0.2, 0.25) is 5.91 Å². The lowest BCUT2D eigenvalue weighted by molar-refractivity contribution is -0.134. The zero-order chi connectivity index (χ0) is 17.6. The number of rotatable bonds is 3. The van der Waals surface area contributed by atoms with Crippen molar-refractivity contribution >= 4 is 17.5 Å². The van der Waals surface area contributed by atoms with Gasteiger partial charge in [0.05, 0.1) is 5.56 Å². The summed E-state index contributed by atoms with van der Waals surface area (Å²) in [5, 5.41) is 3.67. The molecule has 0 radical (unpaired) electrons. The van der Waals surface area contributed by atoms with E-state index in [-0.39, 0.29) is 17.5 Å². The molecule has 4 rings (SSSR count). The number of nitrogens with one attached hydrogen (secondary N) is 1. The van der Waals surface area contributed by atoms with Gasteiger partial charge in [-0.05, 0) is 30.9 Å². The lowest BCUT2D eigenvalue weighted by Crippen LogP contribution is -2.65. The average Bonchev–Trinajstić information content (AvgIpc) is 3.44. The summed E-state index contributed by atoms with van der Waals surface area (Å²) in [4.78, 5) is 29.6. The maximum absolute atomic E-state index is 13.2. The van der Waals surface area contributed by atoms with Crippen LogP contribution in [0.15, 0.2) is 24.3 Å². The van der Waals surface area contributed by atoms with Crippen LogP contribution in [0.3, 0.4) is 0 Å². The number of hydrogen-bond acceptors (Lipinski definition) is 3. The third-order valence-electron chi connectivity index (χ3n) is 5.66. The standard InChI is InChI=1S/C20H27N3O2/c1-14(2)13-23-19(25)16-5-3-4-6-17(16)21-20(23)9-11-22(12-10-20)18(24)15-7-8-15/h3-6,14-15,21H,7-13H2,1-2H3. The molecule has 1 aliphatic carbocycles. The number of amides is 2. The maximum atomic E-state index is 13.2. The molecule has 2 aliphatic heterocycles. The van der Waals surface area contributed by atoms with Crippen molar-refractivity contribution < 1.29 is 9.59 Å². The number of para-hydroxylation sites is 1. The van der Waals surface area contributed by atoms with Crippen LogP contribution in [0.4, 0.5) is 5.69 Å². The Kier molecular flexibility index (Phi) is 3.97. The molecule has 0 bridgehead atoms. The average molecular weight is 341 g/mol. The number of carbonyl (C=O) groups excluding carboxylic acids is 2. The fourth-order valence-electron chi connectivity index (χ4n) is 4.14. The van der Waals surface area contributed by atoms with Crippen molar-refractivity contribution in [2.45, 2.75) is 45.2 Å². The molecule has 0 atom stereocenters. The molecule has 1 saturated heterocycles. The Balaban J connectivity index is 1.60. The van der Waals surface area contributed by atoms with Gasteiger partial charge >= 0.3 is 0 Å². The van der Waals surface area contributed by atoms with Crippen molar-refractivity contribution in [1.82, 2.24) is 9.80 Å². The summed E-state index contributed by atoms with van der Waals surface area (Å²) in [7, 11) is 0. The number of piperidine rings is 1. The van der Waals surface area contributed by atoms with E-state index >= 15 is 0 Å². The number of fused-ring (bicyclic) bond motifs is 1. The van der Waals surface area contributed by atoms with Crippen LogP contribution in [-0.4, -0.2) is 46.9 Å². The van der Waals surface area contributed by atoms with Crippen LogP contribution < -0.4 is 5.32 Å². The second-order valence-electron chi connectivity index (χ2n) is 8.11. The summed E-state index contributed by atoms with van der Waals surface area (Å²) in [5.41, 5.74) is 1.32. The Morgan fingerprint density at radius 3 is 2.56 bits per heavy atom. The first kappa shape index (κ1) is 16.4. The molecule has 5 nitrogen and oxygen atoms in total. The minimum atomic E-state index is -0.365. The molecule has 2 heterocycles. The molecule has 1 aromatic carbocycles. The van der Waals surface area contributed by atoms with Gasteiger partial charge in [-0.3, -0.25) is 9.59 Å². The third kappa shape index (κ3) is 2.90. The van der Waals surface area contributed by atoms with Gasteiger partial charge in [0.1, 0.15) is 5.66 Å². The smallest absolute Gasteiger partial charge is 0.257 e. The molecule has 5 heteroatoms. The van der Waals surface area contributed by atoms with Crippen LogP contribution in [0.5, 0.6) is 0 Å². The minimum Gasteiger partial charge on any atom is -0.362 e. The molecule has 2 amide bonds. The fraction of sp³-hybridized carbons (Fsp3) is 0.600. The largest absolute Gasteiger partial charge is 0.362 e. The number of likely N-dealkylation sites (tertiary alicyclic amines) is 1. The van der Waals surface area contributed by atoms with Crippen molar-refractivity contribution in [3.05, 3.63) is 29.8 Å². The Hall–Kier alpha value is -2.04. The Bertz CT molecular complexity index is 688. The minimum absolute atomic E-state index is 0.116. The lowest BCUT2D eigenvalue weighted by Gasteiger charge is -2.52. The molecule has 1 aromatic rings. The van der Waals surface area contributed by atoms with E-state index in [4.69, 9.17) is 0 Å². The van der Waals surface area contributed by atoms with Crippen LogP contribution in [0.1, 0.15) is 49.9 Å². The summed E-state index contributed by atoms with van der Waals surface area (Å²) >= 11 is 0. The van der Waals surface area contributed by atoms with Gasteiger partial charge in [0, 0.05) is 44.1 Å². The molecular weight excluding hydrogens is 314 g/mol. The van der Waals surface area contributed by atoms with Gasteiger partial charge < -0.3 is 15.1 Å². The molecule has 134 valence electrons. The number of benzene rings is 1. The van der Waals surface area contributed by atoms with Crippen LogP contribution in [0, 0.1) is 11.8 Å². The number of nitrogens with zero attached hydrogens (tertiary/aromatic N) is 2. The second kappa shape index (κ2) is 6.04. The quantitative estimate of drug-likeness (QED) is 0.920. The number of hydrogen-bond donors (Lipinski definition) is 1. The van der Waals surface area contributed by atoms with Crippen LogP contribution >= 0.6 is 0 Å². The van der Waals surface area contributed by atoms with Crippen LogP contribution in [-0.2, 0) is 4.79 Å². The third-order valence-corrected chi connectivity index (χ3v) is 5.66. The van der Waals surface area contributed by atoms with Crippen molar-refractivity contribution in [1.29, 1.82) is 0 Å². The van der Waals surface area contributed by atoms with E-state index in [1.165, 1.54) is 0 Å². The molecule has 25 heavy (non-hydrogen) atoms. The van der Waals surface area contributed by atoms with E-state index in [0.29, 0.717) is 11.8 Å². The molecular formula is C20H27N3O2. The van der Waals surface area contributed by atoms with Gasteiger partial charge in [0.15, 0.2) is 0 Å². The maximum Gasteiger partial charge on any atom is 0.257 e. The Morgan fingerprint density at radius 2 is 1.92 bits per heavy atom. The normalized spacial score (nSPS) is 22.1. The van der Waals surface area contributed by atoms with Gasteiger partial charge in [-0.1, -0.05) is 26.0 Å². The molecule has 1 saturated carbocycles. The van der Waals surface area contributed by atoms with Crippen LogP contribution in [0.2, 0.25) is 0 Å². The first-order chi connectivity index (χ1) is 12.0. The van der Waals surface area contributed by atoms with Crippen molar-refractivity contribution in [2.24, 2.45) is 11.8 Å². The van der Waals surface area contributed by atoms with E-state index in [0.717, 1.165) is 56.6 Å². The van der Waals surface area contributed by atoms with Crippen molar-refractivity contribution in [3.8, 4) is 0 Å². The topological polar surface area (TPSA) is 52.7 Å². The highest BCUT2D eigenvalue weighted by Gasteiger charge is 2.47. The van der Waals surface area contributed by atoms with Crippen molar-refractivity contribution in [2.75, 3.05) is 25.0 Å². The fourth-order valence-corrected chi connectivity index (χ4v) is 4.14. The van der Waals surface area contributed by atoms with Gasteiger partial charge in [-0.15, -0.1) is 0 Å². The monoisotopic (exact) mass is 341 g/mol. The zero-order valence-corrected chi connectivity index (χ0v) is 15.1. The number of anilines is 1. The summed E-state index contributed by atoms with van der Waals surface area (Å²) in [6.45, 7) is 6.48. The van der Waals surface area contributed by atoms with Gasteiger partial charge in [0.25, 0.3) is 5.91 Å². The predicted octanol–water partition coefficient (Wildman–Crippen LogP) is 2.94. The highest BCUT2D eigenvalue weighted by atomic mass is 16.2. The van der Waals surface area contributed by atoms with Gasteiger partial charge in [-0.25, -0.2) is 0 Å². The first-order valence-corrected chi connectivity index (χ1v) is 9.48. The van der Waals surface area contributed by atoms with Crippen LogP contribution in [0.25, 0.3) is 0 Å². The summed E-state index contributed by atoms with van der Waals surface area (Å²) in [6.07, 6.45) is 3.67. The SMILES string of the molecule is CC(C)CN1C(=O)c2ccccc2NC12CCN(C(=O)C1CC1)CC2. The molecule has 2 fully saturated rings. The molecule has 1 spiro atoms. The van der Waals surface area contributed by atoms with E-state index in [2.05, 4.69) is 19.2 Å². The van der Waals surface area contributed by atoms with E-state index in [1.54, 1.807) is 0 Å². The first-order valence-electron chi connectivity index (χ1n) is 9.48. The van der Waals surface area contributed by atoms with E-state index in [1.807, 2.05) is 34.1 Å². The second-order valence-corrected chi connectivity index (χ2v) is 8.11. The summed E-state index contributed by atoms with van der Waals surface area (Å²) in [5.74, 6) is 1.10. The van der Waals surface area contributed by atoms with Gasteiger partial charge in [-0.2, -0.15) is 0 Å². The molecule has 1 N–H and O–H groups in total. The highest BCUT2D eigenvalue weighted by Crippen LogP contribution is 2.39. The Morgan fingerprint density at radius 1 is 1.24 bits per heavy atom.